The lowest BCUT2D eigenvalue weighted by molar-refractivity contribution is -0.106. The molecule has 0 saturated heterocycles. The zero-order valence-electron chi connectivity index (χ0n) is 16.7. The second-order valence-corrected chi connectivity index (χ2v) is 9.00. The highest BCUT2D eigenvalue weighted by Gasteiger charge is 2.50. The third-order valence-electron chi connectivity index (χ3n) is 7.15. The molecule has 2 saturated carbocycles. The Morgan fingerprint density at radius 3 is 2.04 bits per heavy atom. The van der Waals surface area contributed by atoms with Gasteiger partial charge in [-0.15, -0.1) is 0 Å². The third kappa shape index (κ3) is 3.60. The van der Waals surface area contributed by atoms with E-state index >= 15 is 8.78 Å². The number of rotatable bonds is 4. The van der Waals surface area contributed by atoms with Gasteiger partial charge in [-0.3, -0.25) is 0 Å². The van der Waals surface area contributed by atoms with Gasteiger partial charge in [0, 0.05) is 11.5 Å². The Bertz CT molecular complexity index is 816. The molecule has 0 N–H and O–H groups in total. The van der Waals surface area contributed by atoms with Crippen molar-refractivity contribution in [1.82, 2.24) is 0 Å². The molecule has 2 aliphatic carbocycles. The fourth-order valence-corrected chi connectivity index (χ4v) is 4.96. The molecule has 28 heavy (non-hydrogen) atoms. The Kier molecular flexibility index (Phi) is 5.28. The molecule has 0 amide bonds. The van der Waals surface area contributed by atoms with Crippen molar-refractivity contribution in [2.75, 3.05) is 0 Å². The molecule has 3 heteroatoms. The summed E-state index contributed by atoms with van der Waals surface area (Å²) in [5, 5.41) is 0. The molecule has 0 radical (unpaired) electrons. The van der Waals surface area contributed by atoms with Crippen LogP contribution >= 0.6 is 0 Å². The molecular formula is C25H29F3. The minimum atomic E-state index is -2.89. The summed E-state index contributed by atoms with van der Waals surface area (Å²) < 4.78 is 44.4. The molecule has 0 spiro atoms. The van der Waals surface area contributed by atoms with Crippen LogP contribution in [0, 0.1) is 24.6 Å². The van der Waals surface area contributed by atoms with Gasteiger partial charge in [-0.25, -0.2) is 13.2 Å². The first-order chi connectivity index (χ1) is 13.4. The van der Waals surface area contributed by atoms with Crippen LogP contribution in [0.15, 0.2) is 42.5 Å². The first kappa shape index (κ1) is 19.5. The van der Waals surface area contributed by atoms with E-state index in [0.29, 0.717) is 29.9 Å². The van der Waals surface area contributed by atoms with Crippen molar-refractivity contribution < 1.29 is 13.2 Å². The Morgan fingerprint density at radius 1 is 0.821 bits per heavy atom. The van der Waals surface area contributed by atoms with Gasteiger partial charge in [-0.05, 0) is 73.1 Å². The van der Waals surface area contributed by atoms with Crippen molar-refractivity contribution in [3.05, 3.63) is 70.5 Å². The summed E-state index contributed by atoms with van der Waals surface area (Å²) in [6.45, 7) is 3.98. The maximum atomic E-state index is 15.2. The Labute approximate surface area is 166 Å². The first-order valence-electron chi connectivity index (χ1n) is 10.6. The third-order valence-corrected chi connectivity index (χ3v) is 7.15. The highest BCUT2D eigenvalue weighted by Crippen LogP contribution is 2.54. The van der Waals surface area contributed by atoms with Crippen molar-refractivity contribution >= 4 is 0 Å². The zero-order chi connectivity index (χ0) is 19.9. The summed E-state index contributed by atoms with van der Waals surface area (Å²) in [5.41, 5.74) is 2.55. The zero-order valence-corrected chi connectivity index (χ0v) is 16.7. The van der Waals surface area contributed by atoms with Crippen molar-refractivity contribution in [3.8, 4) is 0 Å². The van der Waals surface area contributed by atoms with Crippen molar-refractivity contribution in [2.45, 2.75) is 70.1 Å². The molecule has 0 aromatic heterocycles. The Hall–Kier alpha value is -1.77. The average Bonchev–Trinajstić information content (AvgIpc) is 2.64. The van der Waals surface area contributed by atoms with E-state index in [1.807, 2.05) is 12.1 Å². The van der Waals surface area contributed by atoms with Gasteiger partial charge in [-0.1, -0.05) is 56.2 Å². The Balaban J connectivity index is 1.50. The van der Waals surface area contributed by atoms with Crippen LogP contribution in [0.25, 0.3) is 0 Å². The normalized spacial score (nSPS) is 28.0. The molecule has 2 atom stereocenters. The molecular weight excluding hydrogens is 357 g/mol. The number of hydrogen-bond acceptors (Lipinski definition) is 0. The predicted octanol–water partition coefficient (Wildman–Crippen LogP) is 7.71. The van der Waals surface area contributed by atoms with Crippen LogP contribution in [0.4, 0.5) is 13.2 Å². The lowest BCUT2D eigenvalue weighted by Gasteiger charge is -2.42. The van der Waals surface area contributed by atoms with E-state index in [2.05, 4.69) is 6.92 Å². The smallest absolute Gasteiger partial charge is 0.207 e. The SMILES string of the molecule is Cc1ccc([C@H]2CCC2C(F)(F)c2ccc(C3CCC(C)CC3)cc2)cc1F. The van der Waals surface area contributed by atoms with Crippen LogP contribution in [0.5, 0.6) is 0 Å². The van der Waals surface area contributed by atoms with Gasteiger partial charge >= 0.3 is 0 Å². The highest BCUT2D eigenvalue weighted by atomic mass is 19.3. The average molecular weight is 387 g/mol. The molecule has 4 rings (SSSR count). The molecule has 2 aromatic rings. The Morgan fingerprint density at radius 2 is 1.46 bits per heavy atom. The lowest BCUT2D eigenvalue weighted by atomic mass is 9.65. The van der Waals surface area contributed by atoms with Crippen LogP contribution in [0.3, 0.4) is 0 Å². The van der Waals surface area contributed by atoms with Gasteiger partial charge in [0.2, 0.25) is 0 Å². The molecule has 1 unspecified atom stereocenters. The van der Waals surface area contributed by atoms with Gasteiger partial charge in [0.05, 0.1) is 0 Å². The molecule has 150 valence electrons. The van der Waals surface area contributed by atoms with E-state index in [0.717, 1.165) is 18.8 Å². The van der Waals surface area contributed by atoms with E-state index in [9.17, 15) is 4.39 Å². The number of alkyl halides is 2. The monoisotopic (exact) mass is 386 g/mol. The summed E-state index contributed by atoms with van der Waals surface area (Å²) in [6, 6.07) is 12.0. The van der Waals surface area contributed by atoms with Crippen molar-refractivity contribution in [2.24, 2.45) is 11.8 Å². The van der Waals surface area contributed by atoms with Gasteiger partial charge in [0.25, 0.3) is 5.92 Å². The minimum absolute atomic E-state index is 0.0997. The summed E-state index contributed by atoms with van der Waals surface area (Å²) in [5.74, 6) is -2.93. The largest absolute Gasteiger partial charge is 0.276 e. The molecule has 0 bridgehead atoms. The van der Waals surface area contributed by atoms with E-state index in [1.165, 1.54) is 24.5 Å². The van der Waals surface area contributed by atoms with E-state index in [-0.39, 0.29) is 17.3 Å². The van der Waals surface area contributed by atoms with Gasteiger partial charge in [-0.2, -0.15) is 0 Å². The fourth-order valence-electron chi connectivity index (χ4n) is 4.96. The maximum absolute atomic E-state index is 15.2. The van der Waals surface area contributed by atoms with Gasteiger partial charge in [0.15, 0.2) is 0 Å². The van der Waals surface area contributed by atoms with Crippen LogP contribution in [-0.2, 0) is 5.92 Å². The van der Waals surface area contributed by atoms with Crippen molar-refractivity contribution in [1.29, 1.82) is 0 Å². The molecule has 0 nitrogen and oxygen atoms in total. The van der Waals surface area contributed by atoms with Crippen molar-refractivity contribution in [3.63, 3.8) is 0 Å². The van der Waals surface area contributed by atoms with Gasteiger partial charge < -0.3 is 0 Å². The second-order valence-electron chi connectivity index (χ2n) is 9.00. The lowest BCUT2D eigenvalue weighted by Crippen LogP contribution is -2.38. The standard InChI is InChI=1S/C25H29F3/c1-16-3-6-18(7-4-16)19-9-11-21(12-10-19)25(27,28)23-14-13-22(23)20-8-5-17(2)24(26)15-20/h5,8-12,15-16,18,22-23H,3-4,6-7,13-14H2,1-2H3/t16?,18?,22-,23?/m1/s1. The quantitative estimate of drug-likeness (QED) is 0.505. The van der Waals surface area contributed by atoms with Crippen LogP contribution in [0.1, 0.15) is 79.5 Å². The van der Waals surface area contributed by atoms with Gasteiger partial charge in [0.1, 0.15) is 5.82 Å². The molecule has 2 fully saturated rings. The number of halogens is 3. The highest BCUT2D eigenvalue weighted by molar-refractivity contribution is 5.33. The number of aryl methyl sites for hydroxylation is 1. The summed E-state index contributed by atoms with van der Waals surface area (Å²) >= 11 is 0. The molecule has 0 heterocycles. The van der Waals surface area contributed by atoms with E-state index < -0.39 is 11.8 Å². The molecule has 0 aliphatic heterocycles. The summed E-state index contributed by atoms with van der Waals surface area (Å²) in [6.07, 6.45) is 5.93. The minimum Gasteiger partial charge on any atom is -0.207 e. The first-order valence-corrected chi connectivity index (χ1v) is 10.6. The maximum Gasteiger partial charge on any atom is 0.276 e. The van der Waals surface area contributed by atoms with E-state index in [1.54, 1.807) is 31.2 Å². The topological polar surface area (TPSA) is 0 Å². The molecule has 2 aliphatic rings. The summed E-state index contributed by atoms with van der Waals surface area (Å²) in [4.78, 5) is 0. The van der Waals surface area contributed by atoms with Crippen LogP contribution in [-0.4, -0.2) is 0 Å². The second kappa shape index (κ2) is 7.57. The van der Waals surface area contributed by atoms with E-state index in [4.69, 9.17) is 0 Å². The predicted molar refractivity (Wildman–Crippen MR) is 107 cm³/mol. The number of hydrogen-bond donors (Lipinski definition) is 0. The van der Waals surface area contributed by atoms with Crippen LogP contribution in [0.2, 0.25) is 0 Å². The molecule has 2 aromatic carbocycles. The summed E-state index contributed by atoms with van der Waals surface area (Å²) in [7, 11) is 0. The fraction of sp³-hybridized carbons (Fsp3) is 0.520. The van der Waals surface area contributed by atoms with Crippen LogP contribution < -0.4 is 0 Å². The number of benzene rings is 2.